The zero-order valence-electron chi connectivity index (χ0n) is 11.9. The Bertz CT molecular complexity index is 348. The maximum absolute atomic E-state index is 5.92. The predicted molar refractivity (Wildman–Crippen MR) is 79.9 cm³/mol. The van der Waals surface area contributed by atoms with E-state index in [9.17, 15) is 0 Å². The van der Waals surface area contributed by atoms with E-state index in [4.69, 9.17) is 17.3 Å². The van der Waals surface area contributed by atoms with E-state index in [1.54, 1.807) is 0 Å². The van der Waals surface area contributed by atoms with Crippen molar-refractivity contribution in [1.29, 1.82) is 0 Å². The minimum Gasteiger partial charge on any atom is -0.329 e. The van der Waals surface area contributed by atoms with E-state index in [-0.39, 0.29) is 0 Å². The lowest BCUT2D eigenvalue weighted by molar-refractivity contribution is 0.167. The third-order valence-electron chi connectivity index (χ3n) is 3.55. The largest absolute Gasteiger partial charge is 0.329 e. The van der Waals surface area contributed by atoms with Gasteiger partial charge in [-0.15, -0.1) is 0 Å². The normalized spacial score (nSPS) is 15.1. The van der Waals surface area contributed by atoms with Crippen molar-refractivity contribution in [3.8, 4) is 0 Å². The van der Waals surface area contributed by atoms with Gasteiger partial charge in [-0.25, -0.2) is 0 Å². The van der Waals surface area contributed by atoms with Crippen LogP contribution in [0.25, 0.3) is 0 Å². The van der Waals surface area contributed by atoms with Crippen LogP contribution < -0.4 is 5.73 Å². The molecule has 0 saturated carbocycles. The van der Waals surface area contributed by atoms with Gasteiger partial charge >= 0.3 is 0 Å². The van der Waals surface area contributed by atoms with Crippen molar-refractivity contribution >= 4 is 11.6 Å². The van der Waals surface area contributed by atoms with Crippen molar-refractivity contribution < 1.29 is 0 Å². The molecule has 2 atom stereocenters. The highest BCUT2D eigenvalue weighted by Gasteiger charge is 2.20. The standard InChI is InChI=1S/C15H25ClN2/c1-11(2)9-15(10-17)18(4)12(3)13-5-7-14(16)8-6-13/h5-8,11-12,15H,9-10,17H2,1-4H3. The van der Waals surface area contributed by atoms with Crippen LogP contribution in [0.2, 0.25) is 5.02 Å². The Hall–Kier alpha value is -0.570. The number of hydrogen-bond acceptors (Lipinski definition) is 2. The molecule has 0 fully saturated rings. The minimum absolute atomic E-state index is 0.356. The summed E-state index contributed by atoms with van der Waals surface area (Å²) in [6.45, 7) is 7.39. The summed E-state index contributed by atoms with van der Waals surface area (Å²) in [4.78, 5) is 2.36. The fraction of sp³-hybridized carbons (Fsp3) is 0.600. The Morgan fingerprint density at radius 1 is 1.17 bits per heavy atom. The third-order valence-corrected chi connectivity index (χ3v) is 3.81. The summed E-state index contributed by atoms with van der Waals surface area (Å²) in [5.41, 5.74) is 7.18. The highest BCUT2D eigenvalue weighted by molar-refractivity contribution is 6.30. The van der Waals surface area contributed by atoms with E-state index in [1.807, 2.05) is 12.1 Å². The van der Waals surface area contributed by atoms with Crippen LogP contribution in [-0.4, -0.2) is 24.5 Å². The smallest absolute Gasteiger partial charge is 0.0406 e. The first-order valence-corrected chi connectivity index (χ1v) is 7.01. The van der Waals surface area contributed by atoms with Gasteiger partial charge in [-0.1, -0.05) is 37.6 Å². The van der Waals surface area contributed by atoms with Gasteiger partial charge in [0.25, 0.3) is 0 Å². The van der Waals surface area contributed by atoms with E-state index >= 15 is 0 Å². The molecule has 1 aromatic carbocycles. The average Bonchev–Trinajstić information content (AvgIpc) is 2.35. The van der Waals surface area contributed by atoms with Crippen molar-refractivity contribution in [1.82, 2.24) is 4.90 Å². The number of hydrogen-bond donors (Lipinski definition) is 1. The average molecular weight is 269 g/mol. The molecule has 0 heterocycles. The molecule has 2 nitrogen and oxygen atoms in total. The van der Waals surface area contributed by atoms with Gasteiger partial charge in [0.1, 0.15) is 0 Å². The molecular weight excluding hydrogens is 244 g/mol. The van der Waals surface area contributed by atoms with Crippen molar-refractivity contribution in [2.75, 3.05) is 13.6 Å². The first kappa shape index (κ1) is 15.5. The Morgan fingerprint density at radius 3 is 2.17 bits per heavy atom. The van der Waals surface area contributed by atoms with Crippen molar-refractivity contribution in [2.45, 2.75) is 39.3 Å². The number of likely N-dealkylation sites (N-methyl/N-ethyl adjacent to an activating group) is 1. The highest BCUT2D eigenvalue weighted by Crippen LogP contribution is 2.24. The van der Waals surface area contributed by atoms with Crippen molar-refractivity contribution in [2.24, 2.45) is 11.7 Å². The van der Waals surface area contributed by atoms with Crippen LogP contribution in [0.3, 0.4) is 0 Å². The van der Waals surface area contributed by atoms with E-state index in [0.717, 1.165) is 11.4 Å². The van der Waals surface area contributed by atoms with Gasteiger partial charge in [-0.2, -0.15) is 0 Å². The lowest BCUT2D eigenvalue weighted by Gasteiger charge is -2.33. The molecule has 0 amide bonds. The molecule has 102 valence electrons. The van der Waals surface area contributed by atoms with Crippen LogP contribution in [-0.2, 0) is 0 Å². The Morgan fingerprint density at radius 2 is 1.72 bits per heavy atom. The first-order chi connectivity index (χ1) is 8.45. The summed E-state index contributed by atoms with van der Waals surface area (Å²) >= 11 is 5.92. The third kappa shape index (κ3) is 4.27. The van der Waals surface area contributed by atoms with Gasteiger partial charge in [0, 0.05) is 23.7 Å². The second-order valence-electron chi connectivity index (χ2n) is 5.41. The van der Waals surface area contributed by atoms with Crippen molar-refractivity contribution in [3.05, 3.63) is 34.9 Å². The summed E-state index contributed by atoms with van der Waals surface area (Å²) in [5, 5.41) is 0.783. The molecule has 0 spiro atoms. The van der Waals surface area contributed by atoms with Crippen LogP contribution in [0, 0.1) is 5.92 Å². The zero-order valence-corrected chi connectivity index (χ0v) is 12.6. The lowest BCUT2D eigenvalue weighted by atomic mass is 9.99. The SMILES string of the molecule is CC(C)CC(CN)N(C)C(C)c1ccc(Cl)cc1. The van der Waals surface area contributed by atoms with Gasteiger partial charge in [0.15, 0.2) is 0 Å². The molecule has 1 aromatic rings. The molecule has 2 unspecified atom stereocenters. The van der Waals surface area contributed by atoms with Crippen LogP contribution in [0.1, 0.15) is 38.8 Å². The molecule has 0 bridgehead atoms. The fourth-order valence-electron chi connectivity index (χ4n) is 2.27. The molecule has 0 aliphatic rings. The van der Waals surface area contributed by atoms with Gasteiger partial charge in [0.2, 0.25) is 0 Å². The van der Waals surface area contributed by atoms with Gasteiger partial charge in [0.05, 0.1) is 0 Å². The quantitative estimate of drug-likeness (QED) is 0.852. The molecule has 1 rings (SSSR count). The van der Waals surface area contributed by atoms with E-state index in [1.165, 1.54) is 5.56 Å². The molecule has 2 N–H and O–H groups in total. The van der Waals surface area contributed by atoms with E-state index < -0.39 is 0 Å². The maximum Gasteiger partial charge on any atom is 0.0406 e. The summed E-state index contributed by atoms with van der Waals surface area (Å²) in [6, 6.07) is 8.85. The van der Waals surface area contributed by atoms with E-state index in [2.05, 4.69) is 44.9 Å². The highest BCUT2D eigenvalue weighted by atomic mass is 35.5. The summed E-state index contributed by atoms with van der Waals surface area (Å²) in [7, 11) is 2.15. The molecule has 3 heteroatoms. The minimum atomic E-state index is 0.356. The monoisotopic (exact) mass is 268 g/mol. The Kier molecular flexibility index (Phi) is 6.13. The number of nitrogens with zero attached hydrogens (tertiary/aromatic N) is 1. The summed E-state index contributed by atoms with van der Waals surface area (Å²) in [6.07, 6.45) is 1.13. The van der Waals surface area contributed by atoms with Crippen LogP contribution in [0.5, 0.6) is 0 Å². The summed E-state index contributed by atoms with van der Waals surface area (Å²) in [5.74, 6) is 0.665. The number of halogens is 1. The van der Waals surface area contributed by atoms with E-state index in [0.29, 0.717) is 24.5 Å². The topological polar surface area (TPSA) is 29.3 Å². The predicted octanol–water partition coefficient (Wildman–Crippen LogP) is 3.71. The number of nitrogens with two attached hydrogens (primary N) is 1. The molecule has 0 aliphatic carbocycles. The Labute approximate surface area is 116 Å². The first-order valence-electron chi connectivity index (χ1n) is 6.63. The Balaban J connectivity index is 2.75. The fourth-order valence-corrected chi connectivity index (χ4v) is 2.39. The molecular formula is C15H25ClN2. The molecule has 0 saturated heterocycles. The maximum atomic E-state index is 5.92. The number of benzene rings is 1. The molecule has 0 radical (unpaired) electrons. The van der Waals surface area contributed by atoms with Crippen LogP contribution in [0.15, 0.2) is 24.3 Å². The van der Waals surface area contributed by atoms with Crippen molar-refractivity contribution in [3.63, 3.8) is 0 Å². The van der Waals surface area contributed by atoms with Gasteiger partial charge in [-0.05, 0) is 44.0 Å². The molecule has 0 aliphatic heterocycles. The van der Waals surface area contributed by atoms with Gasteiger partial charge in [-0.3, -0.25) is 4.90 Å². The lowest BCUT2D eigenvalue weighted by Crippen LogP contribution is -2.40. The second kappa shape index (κ2) is 7.13. The molecule has 0 aromatic heterocycles. The second-order valence-corrected chi connectivity index (χ2v) is 5.85. The zero-order chi connectivity index (χ0) is 13.7. The summed E-state index contributed by atoms with van der Waals surface area (Å²) < 4.78 is 0. The van der Waals surface area contributed by atoms with Gasteiger partial charge < -0.3 is 5.73 Å². The van der Waals surface area contributed by atoms with Crippen LogP contribution in [0.4, 0.5) is 0 Å². The number of rotatable bonds is 6. The van der Waals surface area contributed by atoms with Crippen LogP contribution >= 0.6 is 11.6 Å². The molecule has 18 heavy (non-hydrogen) atoms.